The second kappa shape index (κ2) is 9.60. The molecule has 13 heteroatoms. The second-order valence-electron chi connectivity index (χ2n) is 10.9. The molecule has 3 fully saturated rings. The highest BCUT2D eigenvalue weighted by atomic mass is 35.5. The van der Waals surface area contributed by atoms with Crippen LogP contribution in [0.2, 0.25) is 0 Å². The molecule has 42 heavy (non-hydrogen) atoms. The number of benzene rings is 2. The smallest absolute Gasteiger partial charge is 0.305 e. The molecule has 0 aromatic heterocycles. The maximum Gasteiger partial charge on any atom is 0.305 e. The number of para-hydroxylation sites is 1. The van der Waals surface area contributed by atoms with E-state index in [1.807, 2.05) is 0 Å². The molecule has 2 N–H and O–H groups in total. The summed E-state index contributed by atoms with van der Waals surface area (Å²) < 4.78 is 28.4. The Morgan fingerprint density at radius 1 is 0.976 bits per heavy atom. The number of carboxylic acid groups (broad SMARTS) is 1. The van der Waals surface area contributed by atoms with E-state index in [-0.39, 0.29) is 30.6 Å². The normalized spacial score (nSPS) is 32.0. The monoisotopic (exact) mass is 618 g/mol. The SMILES string of the molecule is O=C(O)CCN1C(=O)C2CC=C3C(CC4(Cl)C(=O)N(c5ccc(F)cc5)C(=O)C4(Cl)C3c3cccc(F)c3O)C2C1=O. The second-order valence-corrected chi connectivity index (χ2v) is 12.1. The number of hydrogen-bond donors (Lipinski definition) is 2. The van der Waals surface area contributed by atoms with Gasteiger partial charge >= 0.3 is 5.97 Å². The van der Waals surface area contributed by atoms with E-state index in [0.717, 1.165) is 28.0 Å². The van der Waals surface area contributed by atoms with Gasteiger partial charge < -0.3 is 10.2 Å². The first-order valence-electron chi connectivity index (χ1n) is 13.1. The number of nitrogens with zero attached hydrogens (tertiary/aromatic N) is 2. The lowest BCUT2D eigenvalue weighted by Gasteiger charge is -2.50. The summed E-state index contributed by atoms with van der Waals surface area (Å²) in [6.45, 7) is -0.350. The number of hydrogen-bond acceptors (Lipinski definition) is 6. The molecule has 9 nitrogen and oxygen atoms in total. The van der Waals surface area contributed by atoms with Crippen LogP contribution in [0.25, 0.3) is 0 Å². The van der Waals surface area contributed by atoms with Crippen molar-refractivity contribution in [3.05, 3.63) is 71.3 Å². The Morgan fingerprint density at radius 3 is 2.33 bits per heavy atom. The molecule has 2 aliphatic carbocycles. The summed E-state index contributed by atoms with van der Waals surface area (Å²) in [5, 5.41) is 19.9. The number of phenols is 1. The number of carbonyl (C=O) groups is 5. The summed E-state index contributed by atoms with van der Waals surface area (Å²) in [7, 11) is 0. The van der Waals surface area contributed by atoms with Crippen molar-refractivity contribution in [3.8, 4) is 5.75 Å². The van der Waals surface area contributed by atoms with Crippen LogP contribution in [0.5, 0.6) is 5.75 Å². The summed E-state index contributed by atoms with van der Waals surface area (Å²) >= 11 is 14.3. The van der Waals surface area contributed by atoms with Gasteiger partial charge in [0.25, 0.3) is 11.8 Å². The average molecular weight is 619 g/mol. The summed E-state index contributed by atoms with van der Waals surface area (Å²) in [6, 6.07) is 8.07. The largest absolute Gasteiger partial charge is 0.505 e. The van der Waals surface area contributed by atoms with Crippen molar-refractivity contribution < 1.29 is 43.0 Å². The van der Waals surface area contributed by atoms with Crippen molar-refractivity contribution in [2.24, 2.45) is 17.8 Å². The van der Waals surface area contributed by atoms with Gasteiger partial charge in [0, 0.05) is 18.0 Å². The molecular formula is C29H22Cl2F2N2O7. The zero-order valence-electron chi connectivity index (χ0n) is 21.6. The van der Waals surface area contributed by atoms with Crippen LogP contribution in [0, 0.1) is 29.4 Å². The van der Waals surface area contributed by atoms with Crippen molar-refractivity contribution in [2.75, 3.05) is 11.4 Å². The first-order valence-corrected chi connectivity index (χ1v) is 13.8. The van der Waals surface area contributed by atoms with Crippen LogP contribution in [-0.4, -0.2) is 61.0 Å². The molecular weight excluding hydrogens is 597 g/mol. The molecule has 6 rings (SSSR count). The van der Waals surface area contributed by atoms with Crippen molar-refractivity contribution >= 4 is 58.5 Å². The van der Waals surface area contributed by atoms with Gasteiger partial charge in [-0.05, 0) is 49.1 Å². The first kappa shape index (κ1) is 28.3. The topological polar surface area (TPSA) is 132 Å². The van der Waals surface area contributed by atoms with Crippen LogP contribution in [0.4, 0.5) is 14.5 Å². The predicted octanol–water partition coefficient (Wildman–Crippen LogP) is 3.71. The van der Waals surface area contributed by atoms with E-state index in [2.05, 4.69) is 0 Å². The van der Waals surface area contributed by atoms with Crippen molar-refractivity contribution in [1.29, 1.82) is 0 Å². The average Bonchev–Trinajstić information content (AvgIpc) is 3.27. The van der Waals surface area contributed by atoms with E-state index in [1.54, 1.807) is 6.08 Å². The third-order valence-corrected chi connectivity index (χ3v) is 10.3. The van der Waals surface area contributed by atoms with E-state index in [4.69, 9.17) is 28.3 Å². The van der Waals surface area contributed by atoms with Crippen LogP contribution in [0.3, 0.4) is 0 Å². The highest BCUT2D eigenvalue weighted by molar-refractivity contribution is 6.58. The molecule has 218 valence electrons. The minimum atomic E-state index is -2.32. The van der Waals surface area contributed by atoms with E-state index < -0.39 is 86.8 Å². The summed E-state index contributed by atoms with van der Waals surface area (Å²) in [5.74, 6) is -11.2. The minimum absolute atomic E-state index is 0.0172. The molecule has 0 radical (unpaired) electrons. The van der Waals surface area contributed by atoms with E-state index in [0.29, 0.717) is 5.57 Å². The summed E-state index contributed by atoms with van der Waals surface area (Å²) in [6.07, 6.45) is 0.784. The van der Waals surface area contributed by atoms with Gasteiger partial charge in [0.15, 0.2) is 21.3 Å². The zero-order valence-corrected chi connectivity index (χ0v) is 23.1. The third kappa shape index (κ3) is 3.69. The summed E-state index contributed by atoms with van der Waals surface area (Å²) in [5.41, 5.74) is 0.155. The third-order valence-electron chi connectivity index (χ3n) is 8.87. The fourth-order valence-corrected chi connectivity index (χ4v) is 7.93. The Balaban J connectivity index is 1.53. The van der Waals surface area contributed by atoms with Gasteiger partial charge in [0.2, 0.25) is 11.8 Å². The number of halogens is 4. The van der Waals surface area contributed by atoms with Crippen LogP contribution in [0.1, 0.15) is 30.7 Å². The molecule has 2 heterocycles. The van der Waals surface area contributed by atoms with Gasteiger partial charge in [-0.2, -0.15) is 0 Å². The molecule has 1 saturated carbocycles. The van der Waals surface area contributed by atoms with Gasteiger partial charge in [-0.1, -0.05) is 23.8 Å². The Morgan fingerprint density at radius 2 is 1.67 bits per heavy atom. The van der Waals surface area contributed by atoms with Crippen molar-refractivity contribution in [1.82, 2.24) is 4.90 Å². The maximum atomic E-state index is 14.7. The lowest BCUT2D eigenvalue weighted by molar-refractivity contribution is -0.142. The number of anilines is 1. The highest BCUT2D eigenvalue weighted by Gasteiger charge is 2.76. The Labute approximate surface area is 247 Å². The number of likely N-dealkylation sites (tertiary alicyclic amines) is 1. The quantitative estimate of drug-likeness (QED) is 0.296. The number of rotatable bonds is 5. The number of aromatic hydroxyl groups is 1. The Hall–Kier alpha value is -3.83. The molecule has 0 bridgehead atoms. The molecule has 4 aliphatic rings. The molecule has 4 amide bonds. The molecule has 2 saturated heterocycles. The Bertz CT molecular complexity index is 1620. The van der Waals surface area contributed by atoms with Gasteiger partial charge in [-0.3, -0.25) is 28.9 Å². The number of carboxylic acids is 1. The fourth-order valence-electron chi connectivity index (χ4n) is 7.00. The van der Waals surface area contributed by atoms with Crippen molar-refractivity contribution in [2.45, 2.75) is 34.9 Å². The van der Waals surface area contributed by atoms with Gasteiger partial charge in [-0.15, -0.1) is 23.2 Å². The predicted molar refractivity (Wildman–Crippen MR) is 144 cm³/mol. The number of carbonyl (C=O) groups excluding carboxylic acids is 4. The number of alkyl halides is 2. The lowest BCUT2D eigenvalue weighted by Crippen LogP contribution is -2.60. The van der Waals surface area contributed by atoms with E-state index in [9.17, 15) is 37.9 Å². The number of imide groups is 2. The number of amides is 4. The number of phenolic OH excluding ortho intramolecular Hbond substituents is 1. The zero-order chi connectivity index (χ0) is 30.3. The van der Waals surface area contributed by atoms with Crippen LogP contribution in [0.15, 0.2) is 54.1 Å². The molecule has 2 aromatic rings. The summed E-state index contributed by atoms with van der Waals surface area (Å²) in [4.78, 5) is 63.3. The van der Waals surface area contributed by atoms with Gasteiger partial charge in [-0.25, -0.2) is 13.7 Å². The van der Waals surface area contributed by atoms with E-state index in [1.165, 1.54) is 24.3 Å². The maximum absolute atomic E-state index is 14.7. The number of allylic oxidation sites excluding steroid dienone is 2. The number of aliphatic carboxylic acids is 1. The lowest BCUT2D eigenvalue weighted by atomic mass is 9.56. The van der Waals surface area contributed by atoms with Crippen LogP contribution < -0.4 is 4.90 Å². The molecule has 0 spiro atoms. The van der Waals surface area contributed by atoms with Crippen LogP contribution in [-0.2, 0) is 24.0 Å². The standard InChI is InChI=1S/C29H22Cl2F2N2O7/c30-28-12-18-15(8-9-16-21(18)25(40)34(24(16)39)11-10-20(36)37)22(17-2-1-3-19(33)23(17)38)29(28,31)27(42)35(26(28)41)14-6-4-13(32)5-7-14/h1-8,16,18,21-22,38H,9-12H2,(H,36,37). The minimum Gasteiger partial charge on any atom is -0.505 e. The van der Waals surface area contributed by atoms with E-state index >= 15 is 0 Å². The van der Waals surface area contributed by atoms with Crippen LogP contribution >= 0.6 is 23.2 Å². The number of fused-ring (bicyclic) bond motifs is 4. The molecule has 2 aliphatic heterocycles. The highest BCUT2D eigenvalue weighted by Crippen LogP contribution is 2.66. The fraction of sp³-hybridized carbons (Fsp3) is 0.345. The Kier molecular flexibility index (Phi) is 6.47. The molecule has 6 atom stereocenters. The first-order chi connectivity index (χ1) is 19.8. The van der Waals surface area contributed by atoms with Gasteiger partial charge in [0.05, 0.1) is 23.9 Å². The van der Waals surface area contributed by atoms with Gasteiger partial charge in [0.1, 0.15) is 5.82 Å². The molecule has 2 aromatic carbocycles. The van der Waals surface area contributed by atoms with Crippen molar-refractivity contribution in [3.63, 3.8) is 0 Å². The molecule has 6 unspecified atom stereocenters.